The number of aromatic amines is 1. The maximum Gasteiger partial charge on any atom is 0.262 e. The summed E-state index contributed by atoms with van der Waals surface area (Å²) >= 11 is 1.85. The number of hydrogen-bond acceptors (Lipinski definition) is 5. The van der Waals surface area contributed by atoms with Crippen molar-refractivity contribution in [3.05, 3.63) is 44.3 Å². The Balaban J connectivity index is 1.68. The summed E-state index contributed by atoms with van der Waals surface area (Å²) in [5.74, 6) is 0.711. The van der Waals surface area contributed by atoms with Crippen molar-refractivity contribution >= 4 is 22.4 Å². The fourth-order valence-electron chi connectivity index (χ4n) is 3.46. The lowest BCUT2D eigenvalue weighted by molar-refractivity contribution is 0.168. The van der Waals surface area contributed by atoms with Crippen molar-refractivity contribution in [2.24, 2.45) is 7.05 Å². The molecule has 0 aliphatic carbocycles. The molecule has 0 bridgehead atoms. The van der Waals surface area contributed by atoms with Crippen molar-refractivity contribution < 1.29 is 0 Å². The molecule has 0 spiro atoms. The smallest absolute Gasteiger partial charge is 0.262 e. The average molecular weight is 329 g/mol. The van der Waals surface area contributed by atoms with Crippen molar-refractivity contribution in [1.82, 2.24) is 24.6 Å². The highest BCUT2D eigenvalue weighted by Gasteiger charge is 2.27. The normalized spacial score (nSPS) is 18.4. The molecule has 6 nitrogen and oxygen atoms in total. The van der Waals surface area contributed by atoms with Gasteiger partial charge in [0.25, 0.3) is 5.56 Å². The summed E-state index contributed by atoms with van der Waals surface area (Å²) < 4.78 is 1.65. The molecule has 0 saturated heterocycles. The van der Waals surface area contributed by atoms with Crippen LogP contribution in [0.3, 0.4) is 0 Å². The average Bonchev–Trinajstić information content (AvgIpc) is 3.15. The first-order chi connectivity index (χ1) is 11.2. The van der Waals surface area contributed by atoms with Gasteiger partial charge in [0, 0.05) is 24.5 Å². The topological polar surface area (TPSA) is 66.8 Å². The lowest BCUT2D eigenvalue weighted by Gasteiger charge is -2.34. The highest BCUT2D eigenvalue weighted by atomic mass is 32.1. The van der Waals surface area contributed by atoms with Gasteiger partial charge in [-0.3, -0.25) is 14.4 Å². The van der Waals surface area contributed by atoms with E-state index in [9.17, 15) is 4.79 Å². The Morgan fingerprint density at radius 2 is 2.35 bits per heavy atom. The highest BCUT2D eigenvalue weighted by molar-refractivity contribution is 7.10. The van der Waals surface area contributed by atoms with Crippen LogP contribution in [0.4, 0.5) is 0 Å². The second-order valence-electron chi connectivity index (χ2n) is 5.96. The van der Waals surface area contributed by atoms with Gasteiger partial charge in [0.05, 0.1) is 12.7 Å². The zero-order chi connectivity index (χ0) is 16.0. The molecule has 4 heterocycles. The van der Waals surface area contributed by atoms with Crippen LogP contribution < -0.4 is 5.56 Å². The Bertz CT molecular complexity index is 909. The van der Waals surface area contributed by atoms with Gasteiger partial charge in [0.1, 0.15) is 11.2 Å². The number of aromatic nitrogens is 4. The molecule has 1 aliphatic heterocycles. The van der Waals surface area contributed by atoms with Crippen molar-refractivity contribution in [1.29, 1.82) is 0 Å². The van der Waals surface area contributed by atoms with Crippen LogP contribution >= 0.6 is 11.3 Å². The fourth-order valence-corrected chi connectivity index (χ4v) is 4.39. The molecule has 0 saturated carbocycles. The molecule has 0 radical (unpaired) electrons. The van der Waals surface area contributed by atoms with Gasteiger partial charge in [-0.1, -0.05) is 6.92 Å². The van der Waals surface area contributed by atoms with Crippen molar-refractivity contribution in [2.45, 2.75) is 32.4 Å². The summed E-state index contributed by atoms with van der Waals surface area (Å²) in [6.45, 7) is 3.87. The molecule has 1 aliphatic rings. The standard InChI is InChI=1S/C16H19N5OS/c1-3-12-10-5-7-23-13(10)4-6-21(12)9-14-18-15-11(16(22)19-14)8-17-20(15)2/h5,7-8,12H,3-4,6,9H2,1-2H3,(H,18,19,22). The third-order valence-electron chi connectivity index (χ3n) is 4.60. The first-order valence-corrected chi connectivity index (χ1v) is 8.76. The van der Waals surface area contributed by atoms with Gasteiger partial charge in [-0.05, 0) is 29.9 Å². The van der Waals surface area contributed by atoms with Crippen molar-refractivity contribution in [2.75, 3.05) is 6.54 Å². The fraction of sp³-hybridized carbons (Fsp3) is 0.438. The first-order valence-electron chi connectivity index (χ1n) is 7.88. The predicted molar refractivity (Wildman–Crippen MR) is 90.6 cm³/mol. The highest BCUT2D eigenvalue weighted by Crippen LogP contribution is 2.35. The van der Waals surface area contributed by atoms with Gasteiger partial charge < -0.3 is 4.98 Å². The number of aryl methyl sites for hydroxylation is 1. The Hall–Kier alpha value is -1.99. The van der Waals surface area contributed by atoms with E-state index in [0.29, 0.717) is 29.4 Å². The molecule has 1 atom stereocenters. The van der Waals surface area contributed by atoms with E-state index in [-0.39, 0.29) is 5.56 Å². The van der Waals surface area contributed by atoms with E-state index < -0.39 is 0 Å². The molecule has 120 valence electrons. The summed E-state index contributed by atoms with van der Waals surface area (Å²) in [6.07, 6.45) is 3.70. The second kappa shape index (κ2) is 5.58. The van der Waals surface area contributed by atoms with Crippen LogP contribution in [0.2, 0.25) is 0 Å². The molecule has 3 aromatic heterocycles. The van der Waals surface area contributed by atoms with Gasteiger partial charge in [-0.2, -0.15) is 5.10 Å². The van der Waals surface area contributed by atoms with Crippen LogP contribution in [0.1, 0.15) is 35.7 Å². The molecule has 0 fully saturated rings. The Morgan fingerprint density at radius 3 is 3.17 bits per heavy atom. The molecule has 1 N–H and O–H groups in total. The molecule has 3 aromatic rings. The number of nitrogens with one attached hydrogen (secondary N) is 1. The lowest BCUT2D eigenvalue weighted by Crippen LogP contribution is -2.35. The maximum absolute atomic E-state index is 12.2. The minimum Gasteiger partial charge on any atom is -0.309 e. The van der Waals surface area contributed by atoms with Gasteiger partial charge in [0.2, 0.25) is 0 Å². The van der Waals surface area contributed by atoms with E-state index in [1.165, 1.54) is 10.4 Å². The third-order valence-corrected chi connectivity index (χ3v) is 5.59. The largest absolute Gasteiger partial charge is 0.309 e. The lowest BCUT2D eigenvalue weighted by atomic mass is 9.98. The van der Waals surface area contributed by atoms with Gasteiger partial charge in [-0.25, -0.2) is 4.98 Å². The number of rotatable bonds is 3. The molecule has 4 rings (SSSR count). The van der Waals surface area contributed by atoms with Crippen LogP contribution in [-0.2, 0) is 20.0 Å². The monoisotopic (exact) mass is 329 g/mol. The number of thiophene rings is 1. The van der Waals surface area contributed by atoms with Gasteiger partial charge in [0.15, 0.2) is 5.65 Å². The van der Waals surface area contributed by atoms with E-state index in [1.54, 1.807) is 10.9 Å². The third kappa shape index (κ3) is 2.40. The van der Waals surface area contributed by atoms with E-state index in [0.717, 1.165) is 19.4 Å². The molecule has 0 amide bonds. The van der Waals surface area contributed by atoms with Crippen LogP contribution in [0.25, 0.3) is 11.0 Å². The zero-order valence-corrected chi connectivity index (χ0v) is 14.1. The minimum atomic E-state index is -0.112. The molecule has 1 unspecified atom stereocenters. The van der Waals surface area contributed by atoms with Crippen LogP contribution in [0.5, 0.6) is 0 Å². The zero-order valence-electron chi connectivity index (χ0n) is 13.2. The number of nitrogens with zero attached hydrogens (tertiary/aromatic N) is 4. The number of hydrogen-bond donors (Lipinski definition) is 1. The van der Waals surface area contributed by atoms with Gasteiger partial charge >= 0.3 is 0 Å². The van der Waals surface area contributed by atoms with Crippen LogP contribution in [-0.4, -0.2) is 31.2 Å². The summed E-state index contributed by atoms with van der Waals surface area (Å²) in [7, 11) is 1.81. The summed E-state index contributed by atoms with van der Waals surface area (Å²) in [5, 5.41) is 6.84. The molecule has 0 aromatic carbocycles. The molecule has 23 heavy (non-hydrogen) atoms. The van der Waals surface area contributed by atoms with Gasteiger partial charge in [-0.15, -0.1) is 11.3 Å². The van der Waals surface area contributed by atoms with Crippen LogP contribution in [0.15, 0.2) is 22.4 Å². The first kappa shape index (κ1) is 14.6. The van der Waals surface area contributed by atoms with Crippen LogP contribution in [0, 0.1) is 0 Å². The van der Waals surface area contributed by atoms with E-state index >= 15 is 0 Å². The molecular weight excluding hydrogens is 310 g/mol. The summed E-state index contributed by atoms with van der Waals surface area (Å²) in [4.78, 5) is 23.6. The minimum absolute atomic E-state index is 0.112. The Labute approximate surface area is 137 Å². The predicted octanol–water partition coefficient (Wildman–Crippen LogP) is 2.23. The second-order valence-corrected chi connectivity index (χ2v) is 6.96. The van der Waals surface area contributed by atoms with Crippen molar-refractivity contribution in [3.8, 4) is 0 Å². The van der Waals surface area contributed by atoms with E-state index in [4.69, 9.17) is 0 Å². The maximum atomic E-state index is 12.2. The Morgan fingerprint density at radius 1 is 1.48 bits per heavy atom. The summed E-state index contributed by atoms with van der Waals surface area (Å²) in [6, 6.07) is 2.64. The molecular formula is C16H19N5OS. The van der Waals surface area contributed by atoms with E-state index in [2.05, 4.69) is 38.3 Å². The Kier molecular flexibility index (Phi) is 3.54. The SMILES string of the molecule is CCC1c2ccsc2CCN1Cc1nc2c(cnn2C)c(=O)[nH]1. The van der Waals surface area contributed by atoms with Crippen molar-refractivity contribution in [3.63, 3.8) is 0 Å². The molecule has 7 heteroatoms. The number of H-pyrrole nitrogens is 1. The summed E-state index contributed by atoms with van der Waals surface area (Å²) in [5.41, 5.74) is 1.97. The number of fused-ring (bicyclic) bond motifs is 2. The quantitative estimate of drug-likeness (QED) is 0.800. The van der Waals surface area contributed by atoms with E-state index in [1.807, 2.05) is 18.4 Å².